The van der Waals surface area contributed by atoms with Crippen molar-refractivity contribution in [2.75, 3.05) is 0 Å². The van der Waals surface area contributed by atoms with Gasteiger partial charge in [-0.2, -0.15) is 0 Å². The first-order chi connectivity index (χ1) is 8.12. The molecule has 1 N–H and O–H groups in total. The maximum absolute atomic E-state index is 13.0. The number of aliphatic carboxylic acids is 1. The summed E-state index contributed by atoms with van der Waals surface area (Å²) in [5.41, 5.74) is -0.0393. The van der Waals surface area contributed by atoms with Crippen molar-refractivity contribution in [1.29, 1.82) is 0 Å². The molecule has 1 aliphatic carbocycles. The Kier molecular flexibility index (Phi) is 3.41. The summed E-state index contributed by atoms with van der Waals surface area (Å²) in [6.07, 6.45) is 7.41. The molecule has 0 bridgehead atoms. The van der Waals surface area contributed by atoms with E-state index in [1.54, 1.807) is 6.20 Å². The minimum atomic E-state index is -0.763. The number of halogens is 1. The predicted molar refractivity (Wildman–Crippen MR) is 61.1 cm³/mol. The summed E-state index contributed by atoms with van der Waals surface area (Å²) in [4.78, 5) is 15.2. The van der Waals surface area contributed by atoms with Crippen LogP contribution in [-0.4, -0.2) is 16.1 Å². The molecule has 4 heteroatoms. The summed E-state index contributed by atoms with van der Waals surface area (Å²) in [5, 5.41) is 9.41. The molecule has 1 saturated carbocycles. The van der Waals surface area contributed by atoms with Crippen molar-refractivity contribution in [2.24, 2.45) is 5.41 Å². The lowest BCUT2D eigenvalue weighted by Gasteiger charge is -2.33. The Morgan fingerprint density at radius 1 is 1.35 bits per heavy atom. The Hall–Kier alpha value is -1.45. The highest BCUT2D eigenvalue weighted by Gasteiger charge is 2.39. The fourth-order valence-electron chi connectivity index (χ4n) is 2.64. The first kappa shape index (κ1) is 12.0. The largest absolute Gasteiger partial charge is 0.481 e. The van der Waals surface area contributed by atoms with Gasteiger partial charge in [0, 0.05) is 6.20 Å². The van der Waals surface area contributed by atoms with E-state index >= 15 is 0 Å². The Labute approximate surface area is 99.7 Å². The Morgan fingerprint density at radius 3 is 2.65 bits per heavy atom. The summed E-state index contributed by atoms with van der Waals surface area (Å²) in [6, 6.07) is 1.38. The number of carbonyl (C=O) groups is 1. The maximum Gasteiger partial charge on any atom is 0.309 e. The van der Waals surface area contributed by atoms with Gasteiger partial charge in [0.25, 0.3) is 0 Å². The van der Waals surface area contributed by atoms with Crippen molar-refractivity contribution in [3.8, 4) is 0 Å². The molecule has 1 fully saturated rings. The third kappa shape index (κ3) is 2.62. The number of hydrogen-bond donors (Lipinski definition) is 1. The fraction of sp³-hybridized carbons (Fsp3) is 0.538. The van der Waals surface area contributed by atoms with Crippen LogP contribution >= 0.6 is 0 Å². The van der Waals surface area contributed by atoms with E-state index in [0.29, 0.717) is 24.8 Å². The number of rotatable bonds is 3. The molecule has 17 heavy (non-hydrogen) atoms. The number of carboxylic acids is 1. The van der Waals surface area contributed by atoms with Crippen molar-refractivity contribution in [2.45, 2.75) is 38.5 Å². The molecule has 0 spiro atoms. The van der Waals surface area contributed by atoms with Crippen molar-refractivity contribution in [1.82, 2.24) is 4.98 Å². The second-order valence-electron chi connectivity index (χ2n) is 4.83. The average molecular weight is 237 g/mol. The zero-order valence-electron chi connectivity index (χ0n) is 9.66. The van der Waals surface area contributed by atoms with Crippen LogP contribution in [-0.2, 0) is 11.2 Å². The SMILES string of the molecule is O=C(O)C1(Cc2cncc(F)c2)CCCCC1. The van der Waals surface area contributed by atoms with Crippen LogP contribution in [0.3, 0.4) is 0 Å². The summed E-state index contributed by atoms with van der Waals surface area (Å²) in [6.45, 7) is 0. The van der Waals surface area contributed by atoms with Crippen LogP contribution in [0.4, 0.5) is 4.39 Å². The van der Waals surface area contributed by atoms with Crippen LogP contribution in [0.5, 0.6) is 0 Å². The second-order valence-corrected chi connectivity index (χ2v) is 4.83. The lowest BCUT2D eigenvalue weighted by atomic mass is 9.70. The van der Waals surface area contributed by atoms with Gasteiger partial charge in [0.15, 0.2) is 0 Å². The van der Waals surface area contributed by atoms with Crippen molar-refractivity contribution in [3.63, 3.8) is 0 Å². The van der Waals surface area contributed by atoms with E-state index in [1.807, 2.05) is 0 Å². The first-order valence-electron chi connectivity index (χ1n) is 5.95. The van der Waals surface area contributed by atoms with Crippen molar-refractivity contribution in [3.05, 3.63) is 29.8 Å². The molecule has 1 heterocycles. The molecule has 1 aromatic heterocycles. The number of pyridine rings is 1. The van der Waals surface area contributed by atoms with Crippen LogP contribution < -0.4 is 0 Å². The zero-order valence-corrected chi connectivity index (χ0v) is 9.66. The third-order valence-electron chi connectivity index (χ3n) is 3.57. The molecule has 0 amide bonds. The van der Waals surface area contributed by atoms with Crippen LogP contribution in [0.25, 0.3) is 0 Å². The summed E-state index contributed by atoms with van der Waals surface area (Å²) < 4.78 is 13.0. The molecule has 0 atom stereocenters. The standard InChI is InChI=1S/C13H16FNO2/c14-11-6-10(8-15-9-11)7-13(12(16)17)4-2-1-3-5-13/h6,8-9H,1-5,7H2,(H,16,17). The number of hydrogen-bond acceptors (Lipinski definition) is 2. The lowest BCUT2D eigenvalue weighted by Crippen LogP contribution is -2.35. The molecular weight excluding hydrogens is 221 g/mol. The molecule has 0 aliphatic heterocycles. The van der Waals surface area contributed by atoms with Crippen LogP contribution in [0, 0.1) is 11.2 Å². The van der Waals surface area contributed by atoms with Gasteiger partial charge >= 0.3 is 5.97 Å². The Balaban J connectivity index is 2.20. The molecule has 3 nitrogen and oxygen atoms in total. The average Bonchev–Trinajstić information content (AvgIpc) is 2.30. The quantitative estimate of drug-likeness (QED) is 0.879. The molecule has 0 unspecified atom stereocenters. The second kappa shape index (κ2) is 4.82. The van der Waals surface area contributed by atoms with E-state index in [-0.39, 0.29) is 0 Å². The normalized spacial score (nSPS) is 18.9. The summed E-state index contributed by atoms with van der Waals surface area (Å²) in [7, 11) is 0. The van der Waals surface area contributed by atoms with Gasteiger partial charge in [0.05, 0.1) is 11.6 Å². The smallest absolute Gasteiger partial charge is 0.309 e. The zero-order chi connectivity index (χ0) is 12.3. The summed E-state index contributed by atoms with van der Waals surface area (Å²) >= 11 is 0. The number of nitrogens with zero attached hydrogens (tertiary/aromatic N) is 1. The minimum Gasteiger partial charge on any atom is -0.481 e. The van der Waals surface area contributed by atoms with E-state index < -0.39 is 17.2 Å². The van der Waals surface area contributed by atoms with Crippen LogP contribution in [0.1, 0.15) is 37.7 Å². The van der Waals surface area contributed by atoms with E-state index in [2.05, 4.69) is 4.98 Å². The minimum absolute atomic E-state index is 0.382. The summed E-state index contributed by atoms with van der Waals surface area (Å²) in [5.74, 6) is -1.17. The molecule has 0 saturated heterocycles. The van der Waals surface area contributed by atoms with E-state index in [1.165, 1.54) is 6.07 Å². The number of carboxylic acid groups (broad SMARTS) is 1. The topological polar surface area (TPSA) is 50.2 Å². The van der Waals surface area contributed by atoms with Gasteiger partial charge in [-0.25, -0.2) is 4.39 Å². The van der Waals surface area contributed by atoms with Gasteiger partial charge in [-0.05, 0) is 30.9 Å². The highest BCUT2D eigenvalue weighted by Crippen LogP contribution is 2.39. The molecule has 1 aliphatic rings. The molecular formula is C13H16FNO2. The van der Waals surface area contributed by atoms with Crippen molar-refractivity contribution >= 4 is 5.97 Å². The van der Waals surface area contributed by atoms with Gasteiger partial charge in [-0.3, -0.25) is 9.78 Å². The van der Waals surface area contributed by atoms with Crippen LogP contribution in [0.15, 0.2) is 18.5 Å². The van der Waals surface area contributed by atoms with Gasteiger partial charge in [-0.1, -0.05) is 19.3 Å². The third-order valence-corrected chi connectivity index (χ3v) is 3.57. The molecule has 92 valence electrons. The number of aromatic nitrogens is 1. The Bertz CT molecular complexity index is 414. The highest BCUT2D eigenvalue weighted by atomic mass is 19.1. The van der Waals surface area contributed by atoms with Gasteiger partial charge in [0.1, 0.15) is 5.82 Å². The highest BCUT2D eigenvalue weighted by molar-refractivity contribution is 5.75. The molecule has 0 radical (unpaired) electrons. The van der Waals surface area contributed by atoms with Gasteiger partial charge in [0.2, 0.25) is 0 Å². The Morgan fingerprint density at radius 2 is 2.06 bits per heavy atom. The molecule has 0 aromatic carbocycles. The maximum atomic E-state index is 13.0. The molecule has 1 aromatic rings. The van der Waals surface area contributed by atoms with Crippen molar-refractivity contribution < 1.29 is 14.3 Å². The van der Waals surface area contributed by atoms with E-state index in [4.69, 9.17) is 0 Å². The van der Waals surface area contributed by atoms with Gasteiger partial charge < -0.3 is 5.11 Å². The van der Waals surface area contributed by atoms with E-state index in [9.17, 15) is 14.3 Å². The van der Waals surface area contributed by atoms with E-state index in [0.717, 1.165) is 25.5 Å². The lowest BCUT2D eigenvalue weighted by molar-refractivity contribution is -0.151. The monoisotopic (exact) mass is 237 g/mol. The fourth-order valence-corrected chi connectivity index (χ4v) is 2.64. The van der Waals surface area contributed by atoms with Gasteiger partial charge in [-0.15, -0.1) is 0 Å². The predicted octanol–water partition coefficient (Wildman–Crippen LogP) is 2.80. The first-order valence-corrected chi connectivity index (χ1v) is 5.95. The van der Waals surface area contributed by atoms with Crippen LogP contribution in [0.2, 0.25) is 0 Å². The molecule has 2 rings (SSSR count).